The van der Waals surface area contributed by atoms with Crippen molar-refractivity contribution in [2.45, 2.75) is 39.2 Å². The third kappa shape index (κ3) is 1.36. The molecule has 2 aliphatic rings. The molecule has 86 valence electrons. The molecule has 1 aliphatic carbocycles. The third-order valence-corrected chi connectivity index (χ3v) is 3.94. The summed E-state index contributed by atoms with van der Waals surface area (Å²) in [7, 11) is 0. The van der Waals surface area contributed by atoms with Gasteiger partial charge in [-0.25, -0.2) is 0 Å². The van der Waals surface area contributed by atoms with Gasteiger partial charge < -0.3 is 9.88 Å². The lowest BCUT2D eigenvalue weighted by Crippen LogP contribution is -2.17. The van der Waals surface area contributed by atoms with Crippen molar-refractivity contribution >= 4 is 5.57 Å². The summed E-state index contributed by atoms with van der Waals surface area (Å²) in [6.07, 6.45) is 7.19. The highest BCUT2D eigenvalue weighted by Crippen LogP contribution is 2.38. The number of nitrogens with one attached hydrogen (secondary N) is 1. The van der Waals surface area contributed by atoms with Crippen LogP contribution in [0.2, 0.25) is 0 Å². The van der Waals surface area contributed by atoms with Gasteiger partial charge in [0.1, 0.15) is 0 Å². The van der Waals surface area contributed by atoms with Crippen molar-refractivity contribution in [2.75, 3.05) is 13.1 Å². The van der Waals surface area contributed by atoms with E-state index < -0.39 is 0 Å². The average molecular weight is 216 g/mol. The Hall–Kier alpha value is -1.02. The maximum Gasteiger partial charge on any atom is 0.0487 e. The predicted molar refractivity (Wildman–Crippen MR) is 67.7 cm³/mol. The minimum Gasteiger partial charge on any atom is -0.346 e. The largest absolute Gasteiger partial charge is 0.346 e. The van der Waals surface area contributed by atoms with Crippen LogP contribution in [0.5, 0.6) is 0 Å². The van der Waals surface area contributed by atoms with E-state index in [2.05, 4.69) is 36.0 Å². The van der Waals surface area contributed by atoms with Crippen LogP contribution in [-0.2, 0) is 13.0 Å². The number of aryl methyl sites for hydroxylation is 1. The second kappa shape index (κ2) is 3.77. The SMILES string of the molecule is CCc1cn2c3c1C(C)CC=C3CNCC2. The summed E-state index contributed by atoms with van der Waals surface area (Å²) in [5, 5.41) is 3.51. The number of aromatic nitrogens is 1. The first-order valence-corrected chi connectivity index (χ1v) is 6.43. The van der Waals surface area contributed by atoms with Crippen LogP contribution in [0.3, 0.4) is 0 Å². The quantitative estimate of drug-likeness (QED) is 0.763. The first kappa shape index (κ1) is 10.2. The van der Waals surface area contributed by atoms with E-state index >= 15 is 0 Å². The van der Waals surface area contributed by atoms with Crippen LogP contribution in [-0.4, -0.2) is 17.7 Å². The fourth-order valence-electron chi connectivity index (χ4n) is 3.11. The molecule has 0 saturated carbocycles. The molecule has 0 amide bonds. The van der Waals surface area contributed by atoms with Gasteiger partial charge in [-0.3, -0.25) is 0 Å². The average Bonchev–Trinajstić information content (AvgIpc) is 2.55. The summed E-state index contributed by atoms with van der Waals surface area (Å²) < 4.78 is 2.47. The Bertz CT molecular complexity index is 440. The van der Waals surface area contributed by atoms with Crippen molar-refractivity contribution in [1.82, 2.24) is 9.88 Å². The molecule has 2 nitrogen and oxygen atoms in total. The van der Waals surface area contributed by atoms with Crippen LogP contribution in [0.15, 0.2) is 12.3 Å². The molecule has 1 aliphatic heterocycles. The standard InChI is InChI=1S/C14H20N2/c1-3-11-9-16-7-6-15-8-12-5-4-10(2)13(11)14(12)16/h5,9-10,15H,3-4,6-8H2,1-2H3. The molecule has 16 heavy (non-hydrogen) atoms. The predicted octanol–water partition coefficient (Wildman–Crippen LogP) is 2.54. The smallest absolute Gasteiger partial charge is 0.0487 e. The maximum atomic E-state index is 3.51. The van der Waals surface area contributed by atoms with Crippen molar-refractivity contribution in [1.29, 1.82) is 0 Å². The molecular formula is C14H20N2. The lowest BCUT2D eigenvalue weighted by Gasteiger charge is -2.21. The molecule has 1 aromatic heterocycles. The van der Waals surface area contributed by atoms with Crippen molar-refractivity contribution in [3.63, 3.8) is 0 Å². The summed E-state index contributed by atoms with van der Waals surface area (Å²) in [4.78, 5) is 0. The van der Waals surface area contributed by atoms with E-state index in [-0.39, 0.29) is 0 Å². The van der Waals surface area contributed by atoms with E-state index in [0.717, 1.165) is 19.6 Å². The summed E-state index contributed by atoms with van der Waals surface area (Å²) in [6.45, 7) is 7.89. The minimum atomic E-state index is 0.702. The zero-order valence-corrected chi connectivity index (χ0v) is 10.2. The van der Waals surface area contributed by atoms with E-state index in [1.54, 1.807) is 11.1 Å². The Labute approximate surface area is 97.3 Å². The normalized spacial score (nSPS) is 23.6. The summed E-state index contributed by atoms with van der Waals surface area (Å²) >= 11 is 0. The molecule has 0 radical (unpaired) electrons. The molecule has 0 aromatic carbocycles. The Kier molecular flexibility index (Phi) is 2.40. The maximum absolute atomic E-state index is 3.51. The van der Waals surface area contributed by atoms with Crippen molar-refractivity contribution < 1.29 is 0 Å². The Morgan fingerprint density at radius 1 is 1.50 bits per heavy atom. The van der Waals surface area contributed by atoms with E-state index in [4.69, 9.17) is 0 Å². The lowest BCUT2D eigenvalue weighted by atomic mass is 9.86. The number of hydrogen-bond acceptors (Lipinski definition) is 1. The zero-order chi connectivity index (χ0) is 11.1. The minimum absolute atomic E-state index is 0.702. The monoisotopic (exact) mass is 216 g/mol. The fourth-order valence-corrected chi connectivity index (χ4v) is 3.11. The highest BCUT2D eigenvalue weighted by molar-refractivity contribution is 5.72. The Morgan fingerprint density at radius 2 is 2.38 bits per heavy atom. The molecule has 2 heterocycles. The van der Waals surface area contributed by atoms with E-state index in [0.29, 0.717) is 5.92 Å². The van der Waals surface area contributed by atoms with Crippen LogP contribution < -0.4 is 5.32 Å². The van der Waals surface area contributed by atoms with E-state index in [9.17, 15) is 0 Å². The number of rotatable bonds is 1. The number of hydrogen-bond donors (Lipinski definition) is 1. The molecule has 2 heteroatoms. The second-order valence-corrected chi connectivity index (χ2v) is 5.01. The van der Waals surface area contributed by atoms with Crippen LogP contribution in [0.25, 0.3) is 5.57 Å². The summed E-state index contributed by atoms with van der Waals surface area (Å²) in [5.74, 6) is 0.702. The van der Waals surface area contributed by atoms with Gasteiger partial charge in [-0.1, -0.05) is 19.9 Å². The molecule has 0 saturated heterocycles. The number of nitrogens with zero attached hydrogens (tertiary/aromatic N) is 1. The van der Waals surface area contributed by atoms with Crippen LogP contribution in [0.1, 0.15) is 43.0 Å². The van der Waals surface area contributed by atoms with E-state index in [1.165, 1.54) is 24.1 Å². The molecule has 0 bridgehead atoms. The van der Waals surface area contributed by atoms with Gasteiger partial charge in [-0.2, -0.15) is 0 Å². The van der Waals surface area contributed by atoms with Gasteiger partial charge >= 0.3 is 0 Å². The lowest BCUT2D eigenvalue weighted by molar-refractivity contribution is 0.648. The Balaban J connectivity index is 2.21. The van der Waals surface area contributed by atoms with Gasteiger partial charge in [-0.05, 0) is 35.5 Å². The first-order valence-electron chi connectivity index (χ1n) is 6.43. The number of allylic oxidation sites excluding steroid dienone is 1. The third-order valence-electron chi connectivity index (χ3n) is 3.94. The van der Waals surface area contributed by atoms with Crippen LogP contribution in [0, 0.1) is 0 Å². The molecule has 1 unspecified atom stereocenters. The molecule has 3 rings (SSSR count). The van der Waals surface area contributed by atoms with E-state index in [1.807, 2.05) is 0 Å². The molecule has 0 spiro atoms. The van der Waals surface area contributed by atoms with Gasteiger partial charge in [0.05, 0.1) is 0 Å². The summed E-state index contributed by atoms with van der Waals surface area (Å²) in [5.41, 5.74) is 6.24. The second-order valence-electron chi connectivity index (χ2n) is 5.01. The van der Waals surface area contributed by atoms with Crippen molar-refractivity contribution in [3.05, 3.63) is 29.1 Å². The fraction of sp³-hybridized carbons (Fsp3) is 0.571. The van der Waals surface area contributed by atoms with Crippen LogP contribution >= 0.6 is 0 Å². The highest BCUT2D eigenvalue weighted by Gasteiger charge is 2.26. The molecule has 1 N–H and O–H groups in total. The van der Waals surface area contributed by atoms with Gasteiger partial charge in [0.2, 0.25) is 0 Å². The summed E-state index contributed by atoms with van der Waals surface area (Å²) in [6, 6.07) is 0. The molecular weight excluding hydrogens is 196 g/mol. The zero-order valence-electron chi connectivity index (χ0n) is 10.2. The Morgan fingerprint density at radius 3 is 3.19 bits per heavy atom. The van der Waals surface area contributed by atoms with Gasteiger partial charge in [0.25, 0.3) is 0 Å². The van der Waals surface area contributed by atoms with Crippen LogP contribution in [0.4, 0.5) is 0 Å². The molecule has 1 aromatic rings. The van der Waals surface area contributed by atoms with Gasteiger partial charge in [0, 0.05) is 31.5 Å². The molecule has 1 atom stereocenters. The first-order chi connectivity index (χ1) is 7.81. The highest BCUT2D eigenvalue weighted by atomic mass is 15.0. The topological polar surface area (TPSA) is 17.0 Å². The van der Waals surface area contributed by atoms with Crippen molar-refractivity contribution in [2.24, 2.45) is 0 Å². The van der Waals surface area contributed by atoms with Gasteiger partial charge in [0.15, 0.2) is 0 Å². The van der Waals surface area contributed by atoms with Gasteiger partial charge in [-0.15, -0.1) is 0 Å². The van der Waals surface area contributed by atoms with Crippen molar-refractivity contribution in [3.8, 4) is 0 Å². The molecule has 0 fully saturated rings.